The molecule has 0 radical (unpaired) electrons. The number of nitrogens with one attached hydrogen (secondary N) is 1. The summed E-state index contributed by atoms with van der Waals surface area (Å²) in [4.78, 5) is 20.7. The third-order valence-electron chi connectivity index (χ3n) is 3.87. The van der Waals surface area contributed by atoms with E-state index in [0.717, 1.165) is 18.2 Å². The molecule has 1 N–H and O–H groups in total. The van der Waals surface area contributed by atoms with E-state index in [1.807, 2.05) is 0 Å². The summed E-state index contributed by atoms with van der Waals surface area (Å²) in [5.74, 6) is -0.829. The van der Waals surface area contributed by atoms with E-state index < -0.39 is 23.5 Å². The van der Waals surface area contributed by atoms with Gasteiger partial charge in [-0.3, -0.25) is 4.79 Å². The summed E-state index contributed by atoms with van der Waals surface area (Å²) in [5.41, 5.74) is -0.193. The van der Waals surface area contributed by atoms with Crippen LogP contribution in [0.25, 0.3) is 11.4 Å². The van der Waals surface area contributed by atoms with Crippen LogP contribution in [-0.2, 0) is 6.18 Å². The normalized spacial score (nSPS) is 11.4. The molecule has 4 nitrogen and oxygen atoms in total. The Hall–Kier alpha value is -3.00. The summed E-state index contributed by atoms with van der Waals surface area (Å²) in [6, 6.07) is 8.13. The van der Waals surface area contributed by atoms with Crippen LogP contribution < -0.4 is 5.32 Å². The molecular weight excluding hydrogens is 398 g/mol. The highest BCUT2D eigenvalue weighted by atomic mass is 35.5. The second-order valence-electron chi connectivity index (χ2n) is 5.85. The fraction of sp³-hybridized carbons (Fsp3) is 0.105. The Kier molecular flexibility index (Phi) is 5.33. The fourth-order valence-corrected chi connectivity index (χ4v) is 2.58. The number of nitrogens with zero attached hydrogens (tertiary/aromatic N) is 2. The molecular formula is C19H12ClF4N3O. The lowest BCUT2D eigenvalue weighted by atomic mass is 10.1. The molecule has 0 aliphatic rings. The Morgan fingerprint density at radius 3 is 2.39 bits per heavy atom. The van der Waals surface area contributed by atoms with Crippen LogP contribution >= 0.6 is 11.6 Å². The number of hydrogen-bond acceptors (Lipinski definition) is 3. The monoisotopic (exact) mass is 409 g/mol. The predicted octanol–water partition coefficient (Wildman–Crippen LogP) is 5.52. The number of aryl methyl sites for hydroxylation is 1. The standard InChI is InChI=1S/C19H12ClF4N3O/c1-10-14(9-25-17(26-10)11-2-5-13(21)6-3-11)18(28)27-16-8-12(19(22,23)24)4-7-15(16)20/h2-9H,1H3,(H,27,28). The third kappa shape index (κ3) is 4.28. The van der Waals surface area contributed by atoms with Gasteiger partial charge in [-0.1, -0.05) is 11.6 Å². The first-order chi connectivity index (χ1) is 13.1. The highest BCUT2D eigenvalue weighted by molar-refractivity contribution is 6.34. The highest BCUT2D eigenvalue weighted by Crippen LogP contribution is 2.34. The van der Waals surface area contributed by atoms with Gasteiger partial charge in [0.15, 0.2) is 5.82 Å². The maximum atomic E-state index is 13.0. The Labute approximate surface area is 162 Å². The van der Waals surface area contributed by atoms with Crippen LogP contribution in [0.5, 0.6) is 0 Å². The minimum absolute atomic E-state index is 0.0390. The molecule has 0 aliphatic carbocycles. The molecule has 2 aromatic carbocycles. The molecule has 0 atom stereocenters. The van der Waals surface area contributed by atoms with Crippen molar-refractivity contribution in [2.24, 2.45) is 0 Å². The van der Waals surface area contributed by atoms with Crippen LogP contribution in [0.3, 0.4) is 0 Å². The van der Waals surface area contributed by atoms with Gasteiger partial charge in [-0.2, -0.15) is 13.2 Å². The number of alkyl halides is 3. The molecule has 3 aromatic rings. The van der Waals surface area contributed by atoms with Crippen molar-refractivity contribution >= 4 is 23.2 Å². The summed E-state index contributed by atoms with van der Waals surface area (Å²) in [5, 5.41) is 2.31. The van der Waals surface area contributed by atoms with Crippen molar-refractivity contribution in [1.82, 2.24) is 9.97 Å². The highest BCUT2D eigenvalue weighted by Gasteiger charge is 2.31. The minimum atomic E-state index is -4.57. The smallest absolute Gasteiger partial charge is 0.321 e. The van der Waals surface area contributed by atoms with Crippen LogP contribution in [0.4, 0.5) is 23.2 Å². The molecule has 3 rings (SSSR count). The van der Waals surface area contributed by atoms with E-state index in [2.05, 4.69) is 15.3 Å². The lowest BCUT2D eigenvalue weighted by molar-refractivity contribution is -0.137. The summed E-state index contributed by atoms with van der Waals surface area (Å²) >= 11 is 5.89. The molecule has 0 saturated carbocycles. The largest absolute Gasteiger partial charge is 0.416 e. The number of carbonyl (C=O) groups is 1. The number of hydrogen-bond donors (Lipinski definition) is 1. The molecule has 1 aromatic heterocycles. The summed E-state index contributed by atoms with van der Waals surface area (Å²) in [6.45, 7) is 1.55. The molecule has 1 amide bonds. The van der Waals surface area contributed by atoms with Gasteiger partial charge >= 0.3 is 6.18 Å². The first-order valence-electron chi connectivity index (χ1n) is 7.93. The maximum Gasteiger partial charge on any atom is 0.416 e. The molecule has 1 heterocycles. The summed E-state index contributed by atoms with van der Waals surface area (Å²) < 4.78 is 51.6. The van der Waals surface area contributed by atoms with Gasteiger partial charge in [-0.25, -0.2) is 14.4 Å². The molecule has 0 saturated heterocycles. The van der Waals surface area contributed by atoms with Gasteiger partial charge < -0.3 is 5.32 Å². The second-order valence-corrected chi connectivity index (χ2v) is 6.25. The van der Waals surface area contributed by atoms with E-state index in [4.69, 9.17) is 11.6 Å². The quantitative estimate of drug-likeness (QED) is 0.580. The van der Waals surface area contributed by atoms with Crippen molar-refractivity contribution in [1.29, 1.82) is 0 Å². The number of amides is 1. The molecule has 28 heavy (non-hydrogen) atoms. The SMILES string of the molecule is Cc1nc(-c2ccc(F)cc2)ncc1C(=O)Nc1cc(C(F)(F)F)ccc1Cl. The van der Waals surface area contributed by atoms with Gasteiger partial charge in [0.25, 0.3) is 5.91 Å². The van der Waals surface area contributed by atoms with Gasteiger partial charge in [0.2, 0.25) is 0 Å². The molecule has 0 aliphatic heterocycles. The summed E-state index contributed by atoms with van der Waals surface area (Å²) in [7, 11) is 0. The van der Waals surface area contributed by atoms with Crippen molar-refractivity contribution in [3.8, 4) is 11.4 Å². The van der Waals surface area contributed by atoms with E-state index >= 15 is 0 Å². The van der Waals surface area contributed by atoms with E-state index in [1.165, 1.54) is 30.5 Å². The molecule has 0 spiro atoms. The van der Waals surface area contributed by atoms with Gasteiger partial charge in [-0.15, -0.1) is 0 Å². The van der Waals surface area contributed by atoms with E-state index in [1.54, 1.807) is 6.92 Å². The second kappa shape index (κ2) is 7.55. The van der Waals surface area contributed by atoms with Crippen molar-refractivity contribution in [2.45, 2.75) is 13.1 Å². The topological polar surface area (TPSA) is 54.9 Å². The van der Waals surface area contributed by atoms with E-state index in [-0.39, 0.29) is 22.1 Å². The minimum Gasteiger partial charge on any atom is -0.321 e. The number of rotatable bonds is 3. The molecule has 0 unspecified atom stereocenters. The van der Waals surface area contributed by atoms with Crippen LogP contribution in [0.1, 0.15) is 21.6 Å². The molecule has 0 bridgehead atoms. The fourth-order valence-electron chi connectivity index (χ4n) is 2.42. The van der Waals surface area contributed by atoms with Crippen LogP contribution in [0.15, 0.2) is 48.7 Å². The van der Waals surface area contributed by atoms with Crippen molar-refractivity contribution in [2.75, 3.05) is 5.32 Å². The van der Waals surface area contributed by atoms with Crippen molar-refractivity contribution < 1.29 is 22.4 Å². The van der Waals surface area contributed by atoms with Crippen LogP contribution in [-0.4, -0.2) is 15.9 Å². The van der Waals surface area contributed by atoms with Crippen molar-refractivity contribution in [3.05, 3.63) is 76.3 Å². The molecule has 9 heteroatoms. The maximum absolute atomic E-state index is 13.0. The zero-order chi connectivity index (χ0) is 20.5. The Bertz CT molecular complexity index is 1040. The van der Waals surface area contributed by atoms with Gasteiger partial charge in [0.05, 0.1) is 27.5 Å². The Morgan fingerprint density at radius 1 is 1.11 bits per heavy atom. The first kappa shape index (κ1) is 19.8. The lowest BCUT2D eigenvalue weighted by Crippen LogP contribution is -2.16. The average Bonchev–Trinajstić information content (AvgIpc) is 2.63. The van der Waals surface area contributed by atoms with E-state index in [0.29, 0.717) is 11.3 Å². The zero-order valence-electron chi connectivity index (χ0n) is 14.3. The summed E-state index contributed by atoms with van der Waals surface area (Å²) in [6.07, 6.45) is -3.32. The van der Waals surface area contributed by atoms with Crippen LogP contribution in [0, 0.1) is 12.7 Å². The zero-order valence-corrected chi connectivity index (χ0v) is 15.1. The average molecular weight is 410 g/mol. The number of anilines is 1. The van der Waals surface area contributed by atoms with Gasteiger partial charge in [0, 0.05) is 11.8 Å². The van der Waals surface area contributed by atoms with Crippen LogP contribution in [0.2, 0.25) is 5.02 Å². The predicted molar refractivity (Wildman–Crippen MR) is 96.6 cm³/mol. The van der Waals surface area contributed by atoms with Gasteiger partial charge in [0.1, 0.15) is 5.82 Å². The molecule has 0 fully saturated rings. The first-order valence-corrected chi connectivity index (χ1v) is 8.30. The number of carbonyl (C=O) groups excluding carboxylic acids is 1. The number of aromatic nitrogens is 2. The van der Waals surface area contributed by atoms with E-state index in [9.17, 15) is 22.4 Å². The Morgan fingerprint density at radius 2 is 1.79 bits per heavy atom. The lowest BCUT2D eigenvalue weighted by Gasteiger charge is -2.12. The van der Waals surface area contributed by atoms with Crippen molar-refractivity contribution in [3.63, 3.8) is 0 Å². The number of benzene rings is 2. The van der Waals surface area contributed by atoms with Gasteiger partial charge in [-0.05, 0) is 49.4 Å². The molecule has 144 valence electrons. The Balaban J connectivity index is 1.86. The third-order valence-corrected chi connectivity index (χ3v) is 4.20. The number of halogens is 5.